The van der Waals surface area contributed by atoms with Gasteiger partial charge in [-0.1, -0.05) is 40.2 Å². The highest BCUT2D eigenvalue weighted by atomic mass is 79.9. The van der Waals surface area contributed by atoms with Crippen LogP contribution in [0.2, 0.25) is 0 Å². The van der Waals surface area contributed by atoms with Gasteiger partial charge in [-0.05, 0) is 47.0 Å². The Morgan fingerprint density at radius 1 is 1.20 bits per heavy atom. The molecule has 0 aliphatic heterocycles. The maximum atomic E-state index is 12.5. The highest BCUT2D eigenvalue weighted by Crippen LogP contribution is 2.27. The van der Waals surface area contributed by atoms with Crippen LogP contribution in [0.3, 0.4) is 0 Å². The first-order valence-corrected chi connectivity index (χ1v) is 8.07. The summed E-state index contributed by atoms with van der Waals surface area (Å²) < 4.78 is 2.25. The number of thiophene rings is 1. The largest absolute Gasteiger partial charge is 0.294 e. The molecule has 1 nitrogen and oxygen atoms in total. The molecule has 0 spiro atoms. The number of Topliss-reactive ketones (excluding diaryl/α,β-unsaturated/α-hetero) is 1. The molecule has 20 heavy (non-hydrogen) atoms. The lowest BCUT2D eigenvalue weighted by Gasteiger charge is -2.05. The Bertz CT molecular complexity index is 789. The third-order valence-electron chi connectivity index (χ3n) is 3.40. The number of hydrogen-bond donors (Lipinski definition) is 0. The second kappa shape index (κ2) is 5.51. The van der Waals surface area contributed by atoms with Crippen molar-refractivity contribution < 1.29 is 4.79 Å². The molecule has 1 aromatic heterocycles. The predicted octanol–water partition coefficient (Wildman–Crippen LogP) is 5.40. The number of benzene rings is 2. The van der Waals surface area contributed by atoms with Gasteiger partial charge in [-0.25, -0.2) is 0 Å². The molecule has 3 heteroatoms. The standard InChI is InChI=1S/C17H13BrOS/c1-11-8-13(18)6-7-14(11)16(19)9-12-10-20-17-5-3-2-4-15(12)17/h2-8,10H,9H2,1H3. The van der Waals surface area contributed by atoms with Crippen molar-refractivity contribution in [1.82, 2.24) is 0 Å². The molecule has 3 rings (SSSR count). The van der Waals surface area contributed by atoms with Crippen molar-refractivity contribution in [2.24, 2.45) is 0 Å². The Kier molecular flexibility index (Phi) is 3.72. The Morgan fingerprint density at radius 2 is 2.00 bits per heavy atom. The molecule has 0 aliphatic rings. The number of halogens is 1. The molecule has 0 saturated carbocycles. The van der Waals surface area contributed by atoms with E-state index >= 15 is 0 Å². The predicted molar refractivity (Wildman–Crippen MR) is 88.7 cm³/mol. The fourth-order valence-electron chi connectivity index (χ4n) is 2.38. The minimum Gasteiger partial charge on any atom is -0.294 e. The van der Waals surface area contributed by atoms with Gasteiger partial charge in [-0.15, -0.1) is 11.3 Å². The lowest BCUT2D eigenvalue weighted by molar-refractivity contribution is 0.0993. The van der Waals surface area contributed by atoms with Gasteiger partial charge in [-0.3, -0.25) is 4.79 Å². The van der Waals surface area contributed by atoms with E-state index in [0.717, 1.165) is 21.2 Å². The second-order valence-corrected chi connectivity index (χ2v) is 6.64. The molecule has 100 valence electrons. The molecule has 0 unspecified atom stereocenters. The van der Waals surface area contributed by atoms with Gasteiger partial charge in [0.2, 0.25) is 0 Å². The first-order chi connectivity index (χ1) is 9.65. The zero-order valence-electron chi connectivity index (χ0n) is 11.0. The van der Waals surface area contributed by atoms with Gasteiger partial charge in [0.25, 0.3) is 0 Å². The molecule has 0 amide bonds. The fourth-order valence-corrected chi connectivity index (χ4v) is 3.82. The number of rotatable bonds is 3. The third kappa shape index (κ3) is 2.56. The number of hydrogen-bond acceptors (Lipinski definition) is 2. The molecule has 1 heterocycles. The van der Waals surface area contributed by atoms with E-state index in [9.17, 15) is 4.79 Å². The van der Waals surface area contributed by atoms with Crippen LogP contribution in [0.25, 0.3) is 10.1 Å². The van der Waals surface area contributed by atoms with Crippen LogP contribution in [0.4, 0.5) is 0 Å². The minimum absolute atomic E-state index is 0.179. The molecule has 0 bridgehead atoms. The van der Waals surface area contributed by atoms with Crippen LogP contribution in [0.1, 0.15) is 21.5 Å². The van der Waals surface area contributed by atoms with Crippen LogP contribution in [-0.4, -0.2) is 5.78 Å². The Labute approximate surface area is 130 Å². The Hall–Kier alpha value is -1.45. The summed E-state index contributed by atoms with van der Waals surface area (Å²) in [5, 5.41) is 3.29. The van der Waals surface area contributed by atoms with E-state index in [-0.39, 0.29) is 5.78 Å². The van der Waals surface area contributed by atoms with E-state index in [1.807, 2.05) is 37.3 Å². The van der Waals surface area contributed by atoms with E-state index in [0.29, 0.717) is 6.42 Å². The van der Waals surface area contributed by atoms with Crippen molar-refractivity contribution >= 4 is 43.1 Å². The summed E-state index contributed by atoms with van der Waals surface area (Å²) in [4.78, 5) is 12.5. The van der Waals surface area contributed by atoms with E-state index < -0.39 is 0 Å². The zero-order chi connectivity index (χ0) is 14.1. The summed E-state index contributed by atoms with van der Waals surface area (Å²) in [7, 11) is 0. The van der Waals surface area contributed by atoms with Gasteiger partial charge in [-0.2, -0.15) is 0 Å². The minimum atomic E-state index is 0.179. The second-order valence-electron chi connectivity index (χ2n) is 4.82. The molecule has 0 atom stereocenters. The zero-order valence-corrected chi connectivity index (χ0v) is 13.4. The summed E-state index contributed by atoms with van der Waals surface area (Å²) in [5.74, 6) is 0.179. The maximum Gasteiger partial charge on any atom is 0.167 e. The van der Waals surface area contributed by atoms with Crippen molar-refractivity contribution in [2.45, 2.75) is 13.3 Å². The van der Waals surface area contributed by atoms with Gasteiger partial charge < -0.3 is 0 Å². The summed E-state index contributed by atoms with van der Waals surface area (Å²) >= 11 is 5.13. The van der Waals surface area contributed by atoms with E-state index in [1.165, 1.54) is 10.1 Å². The molecule has 0 N–H and O–H groups in total. The first kappa shape index (κ1) is 13.5. The van der Waals surface area contributed by atoms with E-state index in [1.54, 1.807) is 11.3 Å². The van der Waals surface area contributed by atoms with Crippen LogP contribution in [0, 0.1) is 6.92 Å². The van der Waals surface area contributed by atoms with Crippen molar-refractivity contribution in [1.29, 1.82) is 0 Å². The van der Waals surface area contributed by atoms with Gasteiger partial charge in [0.1, 0.15) is 0 Å². The van der Waals surface area contributed by atoms with E-state index in [2.05, 4.69) is 33.4 Å². The first-order valence-electron chi connectivity index (χ1n) is 6.39. The number of carbonyl (C=O) groups excluding carboxylic acids is 1. The van der Waals surface area contributed by atoms with Gasteiger partial charge >= 0.3 is 0 Å². The van der Waals surface area contributed by atoms with Crippen LogP contribution in [0.5, 0.6) is 0 Å². The molecule has 0 radical (unpaired) electrons. The van der Waals surface area contributed by atoms with Crippen molar-refractivity contribution in [3.63, 3.8) is 0 Å². The smallest absolute Gasteiger partial charge is 0.167 e. The molecule has 0 fully saturated rings. The van der Waals surface area contributed by atoms with Crippen LogP contribution < -0.4 is 0 Å². The average molecular weight is 345 g/mol. The fraction of sp³-hybridized carbons (Fsp3) is 0.118. The molecular weight excluding hydrogens is 332 g/mol. The third-order valence-corrected chi connectivity index (χ3v) is 4.91. The van der Waals surface area contributed by atoms with Crippen molar-refractivity contribution in [3.8, 4) is 0 Å². The monoisotopic (exact) mass is 344 g/mol. The van der Waals surface area contributed by atoms with Gasteiger partial charge in [0.05, 0.1) is 0 Å². The topological polar surface area (TPSA) is 17.1 Å². The molecular formula is C17H13BrOS. The summed E-state index contributed by atoms with van der Waals surface area (Å²) in [5.41, 5.74) is 2.95. The SMILES string of the molecule is Cc1cc(Br)ccc1C(=O)Cc1csc2ccccc12. The Morgan fingerprint density at radius 3 is 2.80 bits per heavy atom. The van der Waals surface area contributed by atoms with E-state index in [4.69, 9.17) is 0 Å². The quantitative estimate of drug-likeness (QED) is 0.581. The summed E-state index contributed by atoms with van der Waals surface area (Å²) in [6, 6.07) is 14.0. The number of aryl methyl sites for hydroxylation is 1. The number of fused-ring (bicyclic) bond motifs is 1. The molecule has 2 aromatic carbocycles. The highest BCUT2D eigenvalue weighted by Gasteiger charge is 2.13. The van der Waals surface area contributed by atoms with Crippen LogP contribution in [-0.2, 0) is 6.42 Å². The number of carbonyl (C=O) groups is 1. The van der Waals surface area contributed by atoms with Gasteiger partial charge in [0, 0.05) is 21.2 Å². The lowest BCUT2D eigenvalue weighted by Crippen LogP contribution is -2.05. The lowest BCUT2D eigenvalue weighted by atomic mass is 9.99. The van der Waals surface area contributed by atoms with Crippen LogP contribution in [0.15, 0.2) is 52.3 Å². The highest BCUT2D eigenvalue weighted by molar-refractivity contribution is 9.10. The van der Waals surface area contributed by atoms with Crippen molar-refractivity contribution in [3.05, 3.63) is 69.0 Å². The summed E-state index contributed by atoms with van der Waals surface area (Å²) in [6.45, 7) is 1.98. The number of ketones is 1. The molecule has 0 saturated heterocycles. The van der Waals surface area contributed by atoms with Crippen molar-refractivity contribution in [2.75, 3.05) is 0 Å². The Balaban J connectivity index is 1.92. The van der Waals surface area contributed by atoms with Gasteiger partial charge in [0.15, 0.2) is 5.78 Å². The molecule has 3 aromatic rings. The normalized spacial score (nSPS) is 10.9. The average Bonchev–Trinajstić information content (AvgIpc) is 2.82. The summed E-state index contributed by atoms with van der Waals surface area (Å²) in [6.07, 6.45) is 0.465. The maximum absolute atomic E-state index is 12.5. The van der Waals surface area contributed by atoms with Crippen LogP contribution >= 0.6 is 27.3 Å². The molecule has 0 aliphatic carbocycles.